The zero-order valence-electron chi connectivity index (χ0n) is 20.0. The molecule has 1 amide bonds. The number of benzene rings is 3. The Labute approximate surface area is 206 Å². The minimum Gasteiger partial charge on any atom is -0.497 e. The molecule has 1 heterocycles. The monoisotopic (exact) mass is 494 g/mol. The van der Waals surface area contributed by atoms with Gasteiger partial charge in [-0.2, -0.15) is 0 Å². The zero-order valence-corrected chi connectivity index (χ0v) is 20.8. The minimum atomic E-state index is -3.70. The molecule has 4 rings (SSSR count). The van der Waals surface area contributed by atoms with Crippen LogP contribution < -0.4 is 19.1 Å². The molecule has 35 heavy (non-hydrogen) atoms. The molecule has 1 aliphatic heterocycles. The summed E-state index contributed by atoms with van der Waals surface area (Å²) in [5.41, 5.74) is 3.53. The second-order valence-electron chi connectivity index (χ2n) is 8.47. The molecule has 0 saturated heterocycles. The third-order valence-electron chi connectivity index (χ3n) is 6.06. The van der Waals surface area contributed by atoms with Crippen molar-refractivity contribution in [2.75, 3.05) is 31.1 Å². The Morgan fingerprint density at radius 1 is 1.06 bits per heavy atom. The number of aryl methyl sites for hydroxylation is 2. The highest BCUT2D eigenvalue weighted by atomic mass is 32.2. The number of hydrogen-bond acceptors (Lipinski definition) is 5. The molecule has 3 aromatic rings. The topological polar surface area (TPSA) is 84.9 Å². The molecule has 0 radical (unpaired) electrons. The Kier molecular flexibility index (Phi) is 7.60. The number of ether oxygens (including phenoxy) is 2. The summed E-state index contributed by atoms with van der Waals surface area (Å²) < 4.78 is 39.0. The van der Waals surface area contributed by atoms with E-state index in [2.05, 4.69) is 5.32 Å². The number of anilines is 1. The van der Waals surface area contributed by atoms with Crippen LogP contribution in [0.25, 0.3) is 0 Å². The van der Waals surface area contributed by atoms with Crippen LogP contribution in [0.5, 0.6) is 11.5 Å². The SMILES string of the molecule is COc1ccc(CCNC(=O)COc2ccc(S(=O)(=O)N3CCCc4ccccc43)cc2C)cc1. The highest BCUT2D eigenvalue weighted by Crippen LogP contribution is 2.33. The fourth-order valence-corrected chi connectivity index (χ4v) is 5.78. The lowest BCUT2D eigenvalue weighted by atomic mass is 10.0. The molecule has 0 spiro atoms. The number of carbonyl (C=O) groups is 1. The normalized spacial score (nSPS) is 13.1. The van der Waals surface area contributed by atoms with Gasteiger partial charge in [0.05, 0.1) is 17.7 Å². The number of para-hydroxylation sites is 1. The summed E-state index contributed by atoms with van der Waals surface area (Å²) >= 11 is 0. The largest absolute Gasteiger partial charge is 0.497 e. The summed E-state index contributed by atoms with van der Waals surface area (Å²) in [4.78, 5) is 12.4. The fraction of sp³-hybridized carbons (Fsp3) is 0.296. The molecule has 7 nitrogen and oxygen atoms in total. The molecule has 0 atom stereocenters. The van der Waals surface area contributed by atoms with Gasteiger partial charge in [0.15, 0.2) is 6.61 Å². The van der Waals surface area contributed by atoms with Crippen LogP contribution >= 0.6 is 0 Å². The molecule has 1 N–H and O–H groups in total. The van der Waals surface area contributed by atoms with E-state index in [4.69, 9.17) is 9.47 Å². The number of methoxy groups -OCH3 is 1. The maximum absolute atomic E-state index is 13.4. The maximum Gasteiger partial charge on any atom is 0.264 e. The molecule has 184 valence electrons. The lowest BCUT2D eigenvalue weighted by Gasteiger charge is -2.30. The van der Waals surface area contributed by atoms with Crippen molar-refractivity contribution in [3.8, 4) is 11.5 Å². The Balaban J connectivity index is 1.34. The summed E-state index contributed by atoms with van der Waals surface area (Å²) in [6, 6.07) is 20.1. The van der Waals surface area contributed by atoms with Gasteiger partial charge in [0.1, 0.15) is 11.5 Å². The number of fused-ring (bicyclic) bond motifs is 1. The average Bonchev–Trinajstić information content (AvgIpc) is 2.88. The Morgan fingerprint density at radius 3 is 2.57 bits per heavy atom. The van der Waals surface area contributed by atoms with Crippen LogP contribution in [0.4, 0.5) is 5.69 Å². The fourth-order valence-electron chi connectivity index (χ4n) is 4.15. The summed E-state index contributed by atoms with van der Waals surface area (Å²) in [6.07, 6.45) is 2.35. The smallest absolute Gasteiger partial charge is 0.264 e. The Hall–Kier alpha value is -3.52. The van der Waals surface area contributed by atoms with Crippen molar-refractivity contribution in [3.63, 3.8) is 0 Å². The van der Waals surface area contributed by atoms with E-state index >= 15 is 0 Å². The first kappa shape index (κ1) is 24.6. The number of nitrogens with zero attached hydrogens (tertiary/aromatic N) is 1. The van der Waals surface area contributed by atoms with Crippen LogP contribution in [-0.2, 0) is 27.7 Å². The molecular formula is C27H30N2O5S. The standard InChI is InChI=1S/C27H30N2O5S/c1-20-18-24(35(31,32)29-17-5-7-22-6-3-4-8-25(22)29)13-14-26(20)34-19-27(30)28-16-15-21-9-11-23(33-2)12-10-21/h3-4,6,8-14,18H,5,7,15-17,19H2,1-2H3,(H,28,30). The maximum atomic E-state index is 13.4. The van der Waals surface area contributed by atoms with Crippen LogP contribution in [0.3, 0.4) is 0 Å². The van der Waals surface area contributed by atoms with Gasteiger partial charge < -0.3 is 14.8 Å². The highest BCUT2D eigenvalue weighted by Gasteiger charge is 2.29. The van der Waals surface area contributed by atoms with E-state index in [0.29, 0.717) is 30.8 Å². The molecule has 0 fully saturated rings. The number of sulfonamides is 1. The molecule has 1 aliphatic rings. The number of carbonyl (C=O) groups excluding carboxylic acids is 1. The Bertz CT molecular complexity index is 1290. The van der Waals surface area contributed by atoms with Crippen LogP contribution in [0, 0.1) is 6.92 Å². The predicted octanol–water partition coefficient (Wildman–Crippen LogP) is 3.88. The minimum absolute atomic E-state index is 0.144. The number of amides is 1. The van der Waals surface area contributed by atoms with Crippen molar-refractivity contribution in [1.82, 2.24) is 5.32 Å². The lowest BCUT2D eigenvalue weighted by Crippen LogP contribution is -2.35. The molecular weight excluding hydrogens is 464 g/mol. The van der Waals surface area contributed by atoms with Gasteiger partial charge in [0.25, 0.3) is 15.9 Å². The third-order valence-corrected chi connectivity index (χ3v) is 7.86. The second-order valence-corrected chi connectivity index (χ2v) is 10.3. The van der Waals surface area contributed by atoms with Gasteiger partial charge >= 0.3 is 0 Å². The van der Waals surface area contributed by atoms with Gasteiger partial charge in [0.2, 0.25) is 0 Å². The van der Waals surface area contributed by atoms with Crippen molar-refractivity contribution in [2.45, 2.75) is 31.1 Å². The number of nitrogens with one attached hydrogen (secondary N) is 1. The van der Waals surface area contributed by atoms with Gasteiger partial charge in [-0.15, -0.1) is 0 Å². The van der Waals surface area contributed by atoms with E-state index in [1.54, 1.807) is 26.2 Å². The summed E-state index contributed by atoms with van der Waals surface area (Å²) in [5, 5.41) is 2.84. The molecule has 8 heteroatoms. The van der Waals surface area contributed by atoms with Crippen molar-refractivity contribution >= 4 is 21.6 Å². The first-order chi connectivity index (χ1) is 16.9. The molecule has 0 unspecified atom stereocenters. The van der Waals surface area contributed by atoms with E-state index in [1.807, 2.05) is 48.5 Å². The molecule has 0 aliphatic carbocycles. The van der Waals surface area contributed by atoms with E-state index in [9.17, 15) is 13.2 Å². The van der Waals surface area contributed by atoms with Crippen molar-refractivity contribution in [3.05, 3.63) is 83.4 Å². The quantitative estimate of drug-likeness (QED) is 0.488. The van der Waals surface area contributed by atoms with Crippen LogP contribution in [0.15, 0.2) is 71.6 Å². The second kappa shape index (κ2) is 10.8. The van der Waals surface area contributed by atoms with Crippen molar-refractivity contribution in [1.29, 1.82) is 0 Å². The van der Waals surface area contributed by atoms with E-state index in [-0.39, 0.29) is 17.4 Å². The first-order valence-corrected chi connectivity index (χ1v) is 13.1. The van der Waals surface area contributed by atoms with Crippen LogP contribution in [0.1, 0.15) is 23.1 Å². The third kappa shape index (κ3) is 5.77. The highest BCUT2D eigenvalue weighted by molar-refractivity contribution is 7.92. The average molecular weight is 495 g/mol. The molecule has 0 bridgehead atoms. The van der Waals surface area contributed by atoms with E-state index < -0.39 is 10.0 Å². The lowest BCUT2D eigenvalue weighted by molar-refractivity contribution is -0.123. The van der Waals surface area contributed by atoms with Crippen molar-refractivity contribution in [2.24, 2.45) is 0 Å². The van der Waals surface area contributed by atoms with Gasteiger partial charge in [-0.25, -0.2) is 8.42 Å². The summed E-state index contributed by atoms with van der Waals surface area (Å²) in [7, 11) is -2.08. The number of hydrogen-bond donors (Lipinski definition) is 1. The van der Waals surface area contributed by atoms with Crippen molar-refractivity contribution < 1.29 is 22.7 Å². The van der Waals surface area contributed by atoms with Gasteiger partial charge in [-0.1, -0.05) is 30.3 Å². The zero-order chi connectivity index (χ0) is 24.8. The Morgan fingerprint density at radius 2 is 1.83 bits per heavy atom. The van der Waals surface area contributed by atoms with Crippen LogP contribution in [-0.4, -0.2) is 41.1 Å². The first-order valence-electron chi connectivity index (χ1n) is 11.6. The molecule has 0 saturated carbocycles. The summed E-state index contributed by atoms with van der Waals surface area (Å²) in [5.74, 6) is 1.04. The van der Waals surface area contributed by atoms with E-state index in [1.165, 1.54) is 10.4 Å². The van der Waals surface area contributed by atoms with Gasteiger partial charge in [-0.3, -0.25) is 9.10 Å². The van der Waals surface area contributed by atoms with Gasteiger partial charge in [0, 0.05) is 13.1 Å². The van der Waals surface area contributed by atoms with Crippen LogP contribution in [0.2, 0.25) is 0 Å². The molecule has 3 aromatic carbocycles. The molecule has 0 aromatic heterocycles. The van der Waals surface area contributed by atoms with Gasteiger partial charge in [-0.05, 0) is 79.3 Å². The summed E-state index contributed by atoms with van der Waals surface area (Å²) in [6.45, 7) is 2.57. The van der Waals surface area contributed by atoms with E-state index in [0.717, 1.165) is 35.4 Å². The predicted molar refractivity (Wildman–Crippen MR) is 136 cm³/mol. The number of rotatable bonds is 9.